The first-order valence-electron chi connectivity index (χ1n) is 6.21. The molecule has 0 saturated carbocycles. The van der Waals surface area contributed by atoms with Crippen molar-refractivity contribution in [3.8, 4) is 5.75 Å². The van der Waals surface area contributed by atoms with Crippen LogP contribution in [0.15, 0.2) is 47.4 Å². The fraction of sp³-hybridized carbons (Fsp3) is 0.0714. The minimum Gasteiger partial charge on any atom is -0.497 e. The molecule has 0 bridgehead atoms. The van der Waals surface area contributed by atoms with Crippen LogP contribution < -0.4 is 4.74 Å². The van der Waals surface area contributed by atoms with Gasteiger partial charge in [0.25, 0.3) is 11.4 Å². The lowest BCUT2D eigenvalue weighted by atomic mass is 10.2. The summed E-state index contributed by atoms with van der Waals surface area (Å²) in [5, 5.41) is 21.3. The minimum atomic E-state index is -0.753. The summed E-state index contributed by atoms with van der Waals surface area (Å²) >= 11 is 0.642. The van der Waals surface area contributed by atoms with Gasteiger partial charge in [-0.15, -0.1) is 0 Å². The predicted octanol–water partition coefficient (Wildman–Crippen LogP) is 3.44. The zero-order valence-corrected chi connectivity index (χ0v) is 12.6. The van der Waals surface area contributed by atoms with Gasteiger partial charge in [-0.1, -0.05) is 0 Å². The average molecular weight is 334 g/mol. The predicted molar refractivity (Wildman–Crippen MR) is 82.9 cm³/mol. The standard InChI is InChI=1S/C14H10N2O6S/c1-22-11-5-2-9(3-6-11)14(17)23-13-7-4-10(15(18)19)8-12(13)16(20)21/h2-8H,1H3. The van der Waals surface area contributed by atoms with Crippen LogP contribution in [0.3, 0.4) is 0 Å². The maximum Gasteiger partial charge on any atom is 0.290 e. The van der Waals surface area contributed by atoms with E-state index in [0.717, 1.165) is 12.1 Å². The van der Waals surface area contributed by atoms with Crippen molar-refractivity contribution in [2.45, 2.75) is 4.90 Å². The Labute approximate surface area is 134 Å². The third-order valence-corrected chi connectivity index (χ3v) is 3.86. The second-order valence-electron chi connectivity index (χ2n) is 4.28. The molecule has 0 aliphatic rings. The number of hydrogen-bond donors (Lipinski definition) is 0. The molecule has 0 aromatic heterocycles. The van der Waals surface area contributed by atoms with Crippen molar-refractivity contribution in [1.82, 2.24) is 0 Å². The van der Waals surface area contributed by atoms with Crippen molar-refractivity contribution in [2.75, 3.05) is 7.11 Å². The van der Waals surface area contributed by atoms with E-state index >= 15 is 0 Å². The van der Waals surface area contributed by atoms with E-state index in [2.05, 4.69) is 0 Å². The first-order valence-corrected chi connectivity index (χ1v) is 7.03. The van der Waals surface area contributed by atoms with Crippen LogP contribution in [0.5, 0.6) is 5.75 Å². The number of thioether (sulfide) groups is 1. The van der Waals surface area contributed by atoms with E-state index in [1.54, 1.807) is 12.1 Å². The van der Waals surface area contributed by atoms with Crippen LogP contribution in [-0.2, 0) is 0 Å². The molecule has 0 spiro atoms. The van der Waals surface area contributed by atoms with Gasteiger partial charge in [0.1, 0.15) is 5.75 Å². The highest BCUT2D eigenvalue weighted by Gasteiger charge is 2.22. The number of nitro groups is 2. The van der Waals surface area contributed by atoms with Crippen molar-refractivity contribution in [3.63, 3.8) is 0 Å². The number of nitro benzene ring substituents is 2. The molecule has 0 heterocycles. The number of carbonyl (C=O) groups excluding carboxylic acids is 1. The lowest BCUT2D eigenvalue weighted by molar-refractivity contribution is -0.396. The third-order valence-electron chi connectivity index (χ3n) is 2.88. The van der Waals surface area contributed by atoms with Gasteiger partial charge in [-0.3, -0.25) is 25.0 Å². The van der Waals surface area contributed by atoms with E-state index in [1.807, 2.05) is 0 Å². The minimum absolute atomic E-state index is 0.0430. The largest absolute Gasteiger partial charge is 0.497 e. The molecule has 0 N–H and O–H groups in total. The zero-order chi connectivity index (χ0) is 17.0. The number of rotatable bonds is 5. The van der Waals surface area contributed by atoms with Gasteiger partial charge in [0.05, 0.1) is 27.9 Å². The molecule has 0 aliphatic heterocycles. The van der Waals surface area contributed by atoms with Crippen LogP contribution in [0, 0.1) is 20.2 Å². The van der Waals surface area contributed by atoms with Gasteiger partial charge in [0.15, 0.2) is 0 Å². The van der Waals surface area contributed by atoms with Gasteiger partial charge in [-0.25, -0.2) is 0 Å². The van der Waals surface area contributed by atoms with Crippen LogP contribution in [0.1, 0.15) is 10.4 Å². The summed E-state index contributed by atoms with van der Waals surface area (Å²) in [6.07, 6.45) is 0. The molecule has 2 aromatic rings. The molecule has 9 heteroatoms. The molecule has 0 unspecified atom stereocenters. The zero-order valence-electron chi connectivity index (χ0n) is 11.8. The molecule has 0 fully saturated rings. The molecular weight excluding hydrogens is 324 g/mol. The number of carbonyl (C=O) groups is 1. The Kier molecular flexibility index (Phi) is 4.91. The molecule has 0 radical (unpaired) electrons. The maximum absolute atomic E-state index is 12.2. The molecule has 0 aliphatic carbocycles. The van der Waals surface area contributed by atoms with Crippen molar-refractivity contribution >= 4 is 28.3 Å². The molecule has 0 amide bonds. The second-order valence-corrected chi connectivity index (χ2v) is 5.30. The fourth-order valence-corrected chi connectivity index (χ4v) is 2.56. The highest BCUT2D eigenvalue weighted by Crippen LogP contribution is 2.34. The first kappa shape index (κ1) is 16.4. The number of hydrogen-bond acceptors (Lipinski definition) is 7. The topological polar surface area (TPSA) is 113 Å². The van der Waals surface area contributed by atoms with Gasteiger partial charge in [-0.2, -0.15) is 0 Å². The van der Waals surface area contributed by atoms with E-state index in [0.29, 0.717) is 23.1 Å². The number of methoxy groups -OCH3 is 1. The van der Waals surface area contributed by atoms with Crippen LogP contribution in [0.25, 0.3) is 0 Å². The maximum atomic E-state index is 12.2. The summed E-state index contributed by atoms with van der Waals surface area (Å²) in [5.41, 5.74) is -0.549. The fourth-order valence-electron chi connectivity index (χ4n) is 1.73. The van der Waals surface area contributed by atoms with Gasteiger partial charge in [0.2, 0.25) is 5.12 Å². The lowest BCUT2D eigenvalue weighted by Crippen LogP contribution is -1.98. The van der Waals surface area contributed by atoms with E-state index in [1.165, 1.54) is 25.3 Å². The quantitative estimate of drug-likeness (QED) is 0.467. The van der Waals surface area contributed by atoms with Crippen molar-refractivity contribution < 1.29 is 19.4 Å². The Morgan fingerprint density at radius 1 is 1.04 bits per heavy atom. The average Bonchev–Trinajstić information content (AvgIpc) is 2.54. The molecule has 8 nitrogen and oxygen atoms in total. The summed E-state index contributed by atoms with van der Waals surface area (Å²) in [7, 11) is 1.49. The molecule has 0 saturated heterocycles. The van der Waals surface area contributed by atoms with Crippen molar-refractivity contribution in [3.05, 3.63) is 68.3 Å². The van der Waals surface area contributed by atoms with Crippen LogP contribution in [-0.4, -0.2) is 22.1 Å². The Balaban J connectivity index is 2.29. The lowest BCUT2D eigenvalue weighted by Gasteiger charge is -2.04. The van der Waals surface area contributed by atoms with Crippen LogP contribution >= 0.6 is 11.8 Å². The number of ether oxygens (including phenoxy) is 1. The summed E-state index contributed by atoms with van der Waals surface area (Å²) in [4.78, 5) is 32.5. The first-order chi connectivity index (χ1) is 10.9. The Bertz CT molecular complexity index is 775. The van der Waals surface area contributed by atoms with Crippen LogP contribution in [0.2, 0.25) is 0 Å². The van der Waals surface area contributed by atoms with Gasteiger partial charge < -0.3 is 4.74 Å². The monoisotopic (exact) mass is 334 g/mol. The van der Waals surface area contributed by atoms with E-state index in [4.69, 9.17) is 4.74 Å². The molecule has 23 heavy (non-hydrogen) atoms. The summed E-state index contributed by atoms with van der Waals surface area (Å²) < 4.78 is 4.98. The number of benzene rings is 2. The van der Waals surface area contributed by atoms with Crippen molar-refractivity contribution in [1.29, 1.82) is 0 Å². The number of non-ortho nitro benzene ring substituents is 1. The van der Waals surface area contributed by atoms with E-state index in [9.17, 15) is 25.0 Å². The highest BCUT2D eigenvalue weighted by atomic mass is 32.2. The second kappa shape index (κ2) is 6.88. The molecule has 2 aromatic carbocycles. The van der Waals surface area contributed by atoms with Crippen molar-refractivity contribution in [2.24, 2.45) is 0 Å². The number of nitrogens with zero attached hydrogens (tertiary/aromatic N) is 2. The molecule has 0 atom stereocenters. The third kappa shape index (κ3) is 3.83. The molecular formula is C14H10N2O6S. The summed E-state index contributed by atoms with van der Waals surface area (Å²) in [6.45, 7) is 0. The van der Waals surface area contributed by atoms with Gasteiger partial charge in [-0.05, 0) is 42.1 Å². The highest BCUT2D eigenvalue weighted by molar-refractivity contribution is 8.14. The van der Waals surface area contributed by atoms with Gasteiger partial charge >= 0.3 is 0 Å². The summed E-state index contributed by atoms with van der Waals surface area (Å²) in [5.74, 6) is 0.577. The van der Waals surface area contributed by atoms with Gasteiger partial charge in [0, 0.05) is 11.6 Å². The normalized spacial score (nSPS) is 10.1. The van der Waals surface area contributed by atoms with E-state index < -0.39 is 26.3 Å². The van der Waals surface area contributed by atoms with Crippen LogP contribution in [0.4, 0.5) is 11.4 Å². The molecule has 118 valence electrons. The smallest absolute Gasteiger partial charge is 0.290 e. The molecule has 2 rings (SSSR count). The SMILES string of the molecule is COc1ccc(C(=O)Sc2ccc([N+](=O)[O-])cc2[N+](=O)[O-])cc1. The Morgan fingerprint density at radius 2 is 1.70 bits per heavy atom. The Morgan fingerprint density at radius 3 is 2.22 bits per heavy atom. The Hall–Kier alpha value is -2.94. The van der Waals surface area contributed by atoms with E-state index in [-0.39, 0.29) is 4.90 Å². The summed E-state index contributed by atoms with van der Waals surface area (Å²) in [6, 6.07) is 9.41.